The molecular weight excluding hydrogens is 286 g/mol. The summed E-state index contributed by atoms with van der Waals surface area (Å²) in [5, 5.41) is 0. The third-order valence-electron chi connectivity index (χ3n) is 3.87. The molecule has 3 heteroatoms. The van der Waals surface area contributed by atoms with Crippen molar-refractivity contribution in [3.63, 3.8) is 0 Å². The second-order valence-corrected chi connectivity index (χ2v) is 5.91. The van der Waals surface area contributed by atoms with E-state index in [4.69, 9.17) is 4.74 Å². The second-order valence-electron chi connectivity index (χ2n) is 5.91. The van der Waals surface area contributed by atoms with E-state index in [1.807, 2.05) is 75.6 Å². The van der Waals surface area contributed by atoms with Crippen LogP contribution in [0.4, 0.5) is 0 Å². The van der Waals surface area contributed by atoms with E-state index in [2.05, 4.69) is 4.90 Å². The van der Waals surface area contributed by atoms with Crippen molar-refractivity contribution in [2.45, 2.75) is 19.3 Å². The van der Waals surface area contributed by atoms with E-state index in [-0.39, 0.29) is 11.7 Å². The van der Waals surface area contributed by atoms with Crippen molar-refractivity contribution in [2.24, 2.45) is 0 Å². The van der Waals surface area contributed by atoms with Gasteiger partial charge in [-0.25, -0.2) is 0 Å². The van der Waals surface area contributed by atoms with Gasteiger partial charge in [0.1, 0.15) is 12.4 Å². The van der Waals surface area contributed by atoms with Crippen LogP contribution < -0.4 is 4.74 Å². The third-order valence-corrected chi connectivity index (χ3v) is 3.87. The van der Waals surface area contributed by atoms with Gasteiger partial charge in [0.15, 0.2) is 5.78 Å². The summed E-state index contributed by atoms with van der Waals surface area (Å²) in [5.74, 6) is 0.881. The fourth-order valence-corrected chi connectivity index (χ4v) is 2.52. The van der Waals surface area contributed by atoms with Crippen LogP contribution in [0.3, 0.4) is 0 Å². The Kier molecular flexibility index (Phi) is 6.36. The SMILES string of the molecule is CC[C@@H](C(=O)c1ccc(OCCN(C)C)cc1)c1ccccc1. The molecular formula is C20H25NO2. The molecule has 2 aromatic carbocycles. The van der Waals surface area contributed by atoms with Crippen molar-refractivity contribution in [3.8, 4) is 5.75 Å². The molecule has 0 radical (unpaired) electrons. The van der Waals surface area contributed by atoms with Crippen molar-refractivity contribution >= 4 is 5.78 Å². The van der Waals surface area contributed by atoms with Crippen molar-refractivity contribution in [3.05, 3.63) is 65.7 Å². The monoisotopic (exact) mass is 311 g/mol. The first-order valence-corrected chi connectivity index (χ1v) is 8.08. The van der Waals surface area contributed by atoms with Crippen molar-refractivity contribution in [1.82, 2.24) is 4.90 Å². The van der Waals surface area contributed by atoms with Gasteiger partial charge >= 0.3 is 0 Å². The zero-order chi connectivity index (χ0) is 16.7. The Morgan fingerprint density at radius 1 is 1.04 bits per heavy atom. The van der Waals surface area contributed by atoms with E-state index in [0.717, 1.165) is 29.8 Å². The molecule has 0 heterocycles. The summed E-state index contributed by atoms with van der Waals surface area (Å²) in [4.78, 5) is 14.8. The molecule has 0 saturated heterocycles. The Bertz CT molecular complexity index is 605. The number of hydrogen-bond donors (Lipinski definition) is 0. The zero-order valence-electron chi connectivity index (χ0n) is 14.2. The number of carbonyl (C=O) groups is 1. The predicted molar refractivity (Wildman–Crippen MR) is 94.3 cm³/mol. The first kappa shape index (κ1) is 17.2. The maximum Gasteiger partial charge on any atom is 0.170 e. The first-order chi connectivity index (χ1) is 11.1. The molecule has 0 bridgehead atoms. The van der Waals surface area contributed by atoms with Gasteiger partial charge in [0.25, 0.3) is 0 Å². The van der Waals surface area contributed by atoms with Crippen LogP contribution in [0.5, 0.6) is 5.75 Å². The molecule has 0 unspecified atom stereocenters. The summed E-state index contributed by atoms with van der Waals surface area (Å²) in [5.41, 5.74) is 1.81. The summed E-state index contributed by atoms with van der Waals surface area (Å²) >= 11 is 0. The highest BCUT2D eigenvalue weighted by atomic mass is 16.5. The maximum atomic E-state index is 12.7. The standard InChI is InChI=1S/C20H25NO2/c1-4-19(16-8-6-5-7-9-16)20(22)17-10-12-18(13-11-17)23-15-14-21(2)3/h5-13,19H,4,14-15H2,1-3H3/t19-/m1/s1. The van der Waals surface area contributed by atoms with Gasteiger partial charge in [0.2, 0.25) is 0 Å². The molecule has 2 aromatic rings. The molecule has 0 spiro atoms. The maximum absolute atomic E-state index is 12.7. The number of benzene rings is 2. The first-order valence-electron chi connectivity index (χ1n) is 8.08. The molecule has 2 rings (SSSR count). The molecule has 0 fully saturated rings. The van der Waals surface area contributed by atoms with Crippen LogP contribution in [0.2, 0.25) is 0 Å². The number of carbonyl (C=O) groups excluding carboxylic acids is 1. The second kappa shape index (κ2) is 8.49. The molecule has 0 amide bonds. The topological polar surface area (TPSA) is 29.5 Å². The summed E-state index contributed by atoms with van der Waals surface area (Å²) < 4.78 is 5.67. The van der Waals surface area contributed by atoms with E-state index >= 15 is 0 Å². The van der Waals surface area contributed by atoms with Gasteiger partial charge < -0.3 is 9.64 Å². The molecule has 1 atom stereocenters. The third kappa shape index (κ3) is 4.93. The molecule has 0 aromatic heterocycles. The van der Waals surface area contributed by atoms with Gasteiger partial charge in [-0.3, -0.25) is 4.79 Å². The number of nitrogens with zero attached hydrogens (tertiary/aromatic N) is 1. The lowest BCUT2D eigenvalue weighted by molar-refractivity contribution is 0.0957. The van der Waals surface area contributed by atoms with Gasteiger partial charge in [0, 0.05) is 18.0 Å². The number of Topliss-reactive ketones (excluding diaryl/α,β-unsaturated/α-hetero) is 1. The molecule has 0 saturated carbocycles. The lowest BCUT2D eigenvalue weighted by Crippen LogP contribution is -2.19. The van der Waals surface area contributed by atoms with Gasteiger partial charge in [0.05, 0.1) is 0 Å². The van der Waals surface area contributed by atoms with Crippen LogP contribution in [0, 0.1) is 0 Å². The van der Waals surface area contributed by atoms with E-state index in [1.165, 1.54) is 0 Å². The smallest absolute Gasteiger partial charge is 0.170 e. The van der Waals surface area contributed by atoms with Crippen LogP contribution >= 0.6 is 0 Å². The Hall–Kier alpha value is -2.13. The molecule has 0 aliphatic carbocycles. The molecule has 0 N–H and O–H groups in total. The van der Waals surface area contributed by atoms with Crippen LogP contribution in [0.25, 0.3) is 0 Å². The number of ether oxygens (including phenoxy) is 1. The van der Waals surface area contributed by atoms with Crippen molar-refractivity contribution in [1.29, 1.82) is 0 Å². The minimum Gasteiger partial charge on any atom is -0.492 e. The molecule has 0 aliphatic rings. The average Bonchev–Trinajstić information content (AvgIpc) is 2.57. The number of hydrogen-bond acceptors (Lipinski definition) is 3. The largest absolute Gasteiger partial charge is 0.492 e. The van der Waals surface area contributed by atoms with Crippen molar-refractivity contribution < 1.29 is 9.53 Å². The fourth-order valence-electron chi connectivity index (χ4n) is 2.52. The van der Waals surface area contributed by atoms with Crippen LogP contribution in [0.15, 0.2) is 54.6 Å². The minimum atomic E-state index is -0.0864. The zero-order valence-corrected chi connectivity index (χ0v) is 14.2. The predicted octanol–water partition coefficient (Wildman–Crippen LogP) is 4.00. The Morgan fingerprint density at radius 3 is 2.26 bits per heavy atom. The average molecular weight is 311 g/mol. The lowest BCUT2D eigenvalue weighted by atomic mass is 9.89. The Labute approximate surface area is 138 Å². The highest BCUT2D eigenvalue weighted by Gasteiger charge is 2.19. The summed E-state index contributed by atoms with van der Waals surface area (Å²) in [6.07, 6.45) is 0.796. The minimum absolute atomic E-state index is 0.0864. The van der Waals surface area contributed by atoms with E-state index in [1.54, 1.807) is 0 Å². The van der Waals surface area contributed by atoms with E-state index < -0.39 is 0 Å². The van der Waals surface area contributed by atoms with Gasteiger partial charge in [-0.05, 0) is 50.3 Å². The molecule has 122 valence electrons. The van der Waals surface area contributed by atoms with Gasteiger partial charge in [-0.1, -0.05) is 37.3 Å². The quantitative estimate of drug-likeness (QED) is 0.690. The van der Waals surface area contributed by atoms with Gasteiger partial charge in [-0.2, -0.15) is 0 Å². The molecule has 23 heavy (non-hydrogen) atoms. The molecule has 3 nitrogen and oxygen atoms in total. The number of rotatable bonds is 8. The number of likely N-dealkylation sites (N-methyl/N-ethyl adjacent to an activating group) is 1. The highest BCUT2D eigenvalue weighted by molar-refractivity contribution is 6.01. The summed E-state index contributed by atoms with van der Waals surface area (Å²) in [6.45, 7) is 3.56. The fraction of sp³-hybridized carbons (Fsp3) is 0.350. The van der Waals surface area contributed by atoms with E-state index in [9.17, 15) is 4.79 Å². The van der Waals surface area contributed by atoms with Gasteiger partial charge in [-0.15, -0.1) is 0 Å². The lowest BCUT2D eigenvalue weighted by Gasteiger charge is -2.15. The van der Waals surface area contributed by atoms with E-state index in [0.29, 0.717) is 6.61 Å². The van der Waals surface area contributed by atoms with Crippen molar-refractivity contribution in [2.75, 3.05) is 27.2 Å². The van der Waals surface area contributed by atoms with Crippen LogP contribution in [0.1, 0.15) is 35.2 Å². The Balaban J connectivity index is 2.04. The summed E-state index contributed by atoms with van der Waals surface area (Å²) in [6, 6.07) is 17.4. The molecule has 0 aliphatic heterocycles. The normalized spacial score (nSPS) is 12.2. The Morgan fingerprint density at radius 2 is 1.70 bits per heavy atom. The summed E-state index contributed by atoms with van der Waals surface area (Å²) in [7, 11) is 4.03. The number of ketones is 1. The van der Waals surface area contributed by atoms with Crippen LogP contribution in [-0.4, -0.2) is 37.9 Å². The highest BCUT2D eigenvalue weighted by Crippen LogP contribution is 2.25. The van der Waals surface area contributed by atoms with Crippen LogP contribution in [-0.2, 0) is 0 Å².